The standard InChI is InChI=1S/C15H14F6N2O/c1-8(2)10-11(9-6-4-3-5-7-9)23-12(22-10)13(24,14(16,17)18)15(19,20)21/h3-8,24H,1-2H3,(H,22,23). The van der Waals surface area contributed by atoms with Crippen molar-refractivity contribution in [3.05, 3.63) is 41.9 Å². The molecule has 1 aromatic heterocycles. The summed E-state index contributed by atoms with van der Waals surface area (Å²) in [4.78, 5) is 5.49. The lowest BCUT2D eigenvalue weighted by Crippen LogP contribution is -2.54. The minimum absolute atomic E-state index is 0.0625. The molecule has 1 heterocycles. The third kappa shape index (κ3) is 2.88. The summed E-state index contributed by atoms with van der Waals surface area (Å²) in [5.74, 6) is -2.03. The van der Waals surface area contributed by atoms with Crippen molar-refractivity contribution in [2.75, 3.05) is 0 Å². The number of rotatable bonds is 3. The van der Waals surface area contributed by atoms with E-state index in [0.29, 0.717) is 5.56 Å². The summed E-state index contributed by atoms with van der Waals surface area (Å²) in [6.07, 6.45) is -12.0. The van der Waals surface area contributed by atoms with Gasteiger partial charge in [0.2, 0.25) is 0 Å². The highest BCUT2D eigenvalue weighted by atomic mass is 19.4. The van der Waals surface area contributed by atoms with Crippen molar-refractivity contribution >= 4 is 0 Å². The van der Waals surface area contributed by atoms with Crippen LogP contribution in [0.15, 0.2) is 30.3 Å². The Balaban J connectivity index is 2.72. The Morgan fingerprint density at radius 3 is 1.88 bits per heavy atom. The van der Waals surface area contributed by atoms with Crippen LogP contribution in [-0.4, -0.2) is 27.4 Å². The Labute approximate surface area is 133 Å². The van der Waals surface area contributed by atoms with Crippen molar-refractivity contribution in [2.24, 2.45) is 0 Å². The Morgan fingerprint density at radius 2 is 1.46 bits per heavy atom. The van der Waals surface area contributed by atoms with Crippen molar-refractivity contribution in [1.82, 2.24) is 9.97 Å². The third-order valence-electron chi connectivity index (χ3n) is 3.52. The van der Waals surface area contributed by atoms with E-state index in [0.717, 1.165) is 0 Å². The molecule has 0 radical (unpaired) electrons. The number of nitrogens with one attached hydrogen (secondary N) is 1. The van der Waals surface area contributed by atoms with Gasteiger partial charge in [-0.1, -0.05) is 44.2 Å². The van der Waals surface area contributed by atoms with E-state index >= 15 is 0 Å². The van der Waals surface area contributed by atoms with E-state index in [9.17, 15) is 31.4 Å². The van der Waals surface area contributed by atoms with Gasteiger partial charge in [0.05, 0.1) is 5.69 Å². The number of nitrogens with zero attached hydrogens (tertiary/aromatic N) is 1. The molecule has 0 fully saturated rings. The molecule has 0 unspecified atom stereocenters. The van der Waals surface area contributed by atoms with Crippen LogP contribution >= 0.6 is 0 Å². The molecular formula is C15H14F6N2O. The molecule has 0 aliphatic heterocycles. The van der Waals surface area contributed by atoms with Gasteiger partial charge in [-0.05, 0) is 5.92 Å². The predicted octanol–water partition coefficient (Wildman–Crippen LogP) is 4.51. The molecule has 132 valence electrons. The monoisotopic (exact) mass is 352 g/mol. The van der Waals surface area contributed by atoms with Crippen molar-refractivity contribution in [2.45, 2.75) is 37.7 Å². The van der Waals surface area contributed by atoms with Crippen molar-refractivity contribution in [1.29, 1.82) is 0 Å². The smallest absolute Gasteiger partial charge is 0.367 e. The number of hydrogen-bond acceptors (Lipinski definition) is 2. The number of hydrogen-bond donors (Lipinski definition) is 2. The summed E-state index contributed by atoms with van der Waals surface area (Å²) in [5, 5.41) is 9.48. The highest BCUT2D eigenvalue weighted by Crippen LogP contribution is 2.49. The molecule has 3 nitrogen and oxygen atoms in total. The molecular weight excluding hydrogens is 338 g/mol. The van der Waals surface area contributed by atoms with E-state index < -0.39 is 29.7 Å². The van der Waals surface area contributed by atoms with Gasteiger partial charge in [-0.15, -0.1) is 0 Å². The van der Waals surface area contributed by atoms with Crippen LogP contribution in [0.5, 0.6) is 0 Å². The number of aromatic amines is 1. The Morgan fingerprint density at radius 1 is 0.958 bits per heavy atom. The highest BCUT2D eigenvalue weighted by Gasteiger charge is 2.73. The van der Waals surface area contributed by atoms with Gasteiger partial charge in [0.15, 0.2) is 5.82 Å². The molecule has 2 aromatic rings. The van der Waals surface area contributed by atoms with Gasteiger partial charge in [-0.25, -0.2) is 4.98 Å². The van der Waals surface area contributed by atoms with Crippen molar-refractivity contribution in [3.63, 3.8) is 0 Å². The lowest BCUT2D eigenvalue weighted by molar-refractivity contribution is -0.378. The second-order valence-corrected chi connectivity index (χ2v) is 5.57. The van der Waals surface area contributed by atoms with E-state index in [4.69, 9.17) is 0 Å². The summed E-state index contributed by atoms with van der Waals surface area (Å²) >= 11 is 0. The van der Waals surface area contributed by atoms with Gasteiger partial charge in [0.1, 0.15) is 0 Å². The second-order valence-electron chi connectivity index (χ2n) is 5.57. The SMILES string of the molecule is CC(C)c1[nH]c(C(O)(C(F)(F)F)C(F)(F)F)nc1-c1ccccc1. The van der Waals surface area contributed by atoms with Gasteiger partial charge >= 0.3 is 18.0 Å². The van der Waals surface area contributed by atoms with Crippen LogP contribution in [0.1, 0.15) is 31.3 Å². The van der Waals surface area contributed by atoms with Crippen LogP contribution in [0.25, 0.3) is 11.3 Å². The van der Waals surface area contributed by atoms with Crippen LogP contribution in [0, 0.1) is 0 Å². The Hall–Kier alpha value is -2.03. The average Bonchev–Trinajstić information content (AvgIpc) is 2.90. The second kappa shape index (κ2) is 5.80. The van der Waals surface area contributed by atoms with Crippen LogP contribution in [0.3, 0.4) is 0 Å². The van der Waals surface area contributed by atoms with E-state index in [2.05, 4.69) is 4.98 Å². The number of benzene rings is 1. The lowest BCUT2D eigenvalue weighted by atomic mass is 10.0. The van der Waals surface area contributed by atoms with Crippen LogP contribution in [0.4, 0.5) is 26.3 Å². The fourth-order valence-electron chi connectivity index (χ4n) is 2.22. The number of imidazole rings is 1. The summed E-state index contributed by atoms with van der Waals surface area (Å²) in [5.41, 5.74) is -4.72. The van der Waals surface area contributed by atoms with E-state index in [1.807, 2.05) is 4.98 Å². The number of halogens is 6. The zero-order chi connectivity index (χ0) is 18.3. The zero-order valence-electron chi connectivity index (χ0n) is 12.6. The summed E-state index contributed by atoms with van der Waals surface area (Å²) < 4.78 is 78.0. The fourth-order valence-corrected chi connectivity index (χ4v) is 2.22. The molecule has 0 aliphatic carbocycles. The lowest BCUT2D eigenvalue weighted by Gasteiger charge is -2.30. The van der Waals surface area contributed by atoms with Crippen molar-refractivity contribution < 1.29 is 31.4 Å². The molecule has 2 N–H and O–H groups in total. The first-order valence-corrected chi connectivity index (χ1v) is 6.91. The van der Waals surface area contributed by atoms with Gasteiger partial charge < -0.3 is 10.1 Å². The average molecular weight is 352 g/mol. The quantitative estimate of drug-likeness (QED) is 0.799. The number of aliphatic hydroxyl groups is 1. The molecule has 0 saturated carbocycles. The summed E-state index contributed by atoms with van der Waals surface area (Å²) in [7, 11) is 0. The molecule has 2 rings (SSSR count). The van der Waals surface area contributed by atoms with E-state index in [1.165, 1.54) is 12.1 Å². The minimum atomic E-state index is -5.98. The molecule has 0 saturated heterocycles. The van der Waals surface area contributed by atoms with Gasteiger partial charge in [0, 0.05) is 11.3 Å². The topological polar surface area (TPSA) is 48.9 Å². The molecule has 0 bridgehead atoms. The molecule has 24 heavy (non-hydrogen) atoms. The first-order valence-electron chi connectivity index (χ1n) is 6.91. The first kappa shape index (κ1) is 18.3. The maximum atomic E-state index is 13.0. The molecule has 0 atom stereocenters. The Bertz CT molecular complexity index is 689. The number of aromatic nitrogens is 2. The van der Waals surface area contributed by atoms with Crippen LogP contribution < -0.4 is 0 Å². The van der Waals surface area contributed by atoms with E-state index in [1.54, 1.807) is 32.0 Å². The minimum Gasteiger partial charge on any atom is -0.367 e. The third-order valence-corrected chi connectivity index (χ3v) is 3.52. The fraction of sp³-hybridized carbons (Fsp3) is 0.400. The molecule has 1 aromatic carbocycles. The number of H-pyrrole nitrogens is 1. The van der Waals surface area contributed by atoms with Crippen molar-refractivity contribution in [3.8, 4) is 11.3 Å². The normalized spacial score (nSPS) is 13.6. The molecule has 0 aliphatic rings. The largest absolute Gasteiger partial charge is 0.433 e. The molecule has 9 heteroatoms. The predicted molar refractivity (Wildman–Crippen MR) is 74.1 cm³/mol. The molecule has 0 spiro atoms. The van der Waals surface area contributed by atoms with Gasteiger partial charge in [-0.2, -0.15) is 26.3 Å². The van der Waals surface area contributed by atoms with Crippen LogP contribution in [0.2, 0.25) is 0 Å². The Kier molecular flexibility index (Phi) is 4.43. The maximum Gasteiger partial charge on any atom is 0.433 e. The highest BCUT2D eigenvalue weighted by molar-refractivity contribution is 5.63. The van der Waals surface area contributed by atoms with Gasteiger partial charge in [-0.3, -0.25) is 0 Å². The van der Waals surface area contributed by atoms with Crippen LogP contribution in [-0.2, 0) is 5.60 Å². The molecule has 0 amide bonds. The zero-order valence-corrected chi connectivity index (χ0v) is 12.6. The van der Waals surface area contributed by atoms with E-state index in [-0.39, 0.29) is 11.4 Å². The van der Waals surface area contributed by atoms with Gasteiger partial charge in [0.25, 0.3) is 0 Å². The maximum absolute atomic E-state index is 13.0. The summed E-state index contributed by atoms with van der Waals surface area (Å²) in [6.45, 7) is 3.17. The summed E-state index contributed by atoms with van der Waals surface area (Å²) in [6, 6.07) is 7.81. The first-order chi connectivity index (χ1) is 10.9. The number of alkyl halides is 6.